The largest absolute Gasteiger partial charge is 0.492 e. The van der Waals surface area contributed by atoms with Crippen LogP contribution in [0.5, 0.6) is 11.5 Å². The zero-order chi connectivity index (χ0) is 20.3. The molecule has 0 aliphatic heterocycles. The van der Waals surface area contributed by atoms with Gasteiger partial charge in [0.25, 0.3) is 0 Å². The van der Waals surface area contributed by atoms with Gasteiger partial charge in [0, 0.05) is 11.4 Å². The average molecular weight is 394 g/mol. The molecule has 0 atom stereocenters. The molecule has 2 rings (SSSR count). The SMILES string of the molecule is Nc1ccc(OCC(COc2ccc(N)cc2)(C(F)(F)F)C(F)(F)F)cc1. The average Bonchev–Trinajstić information content (AvgIpc) is 2.56. The van der Waals surface area contributed by atoms with Gasteiger partial charge in [-0.2, -0.15) is 26.3 Å². The molecule has 4 N–H and O–H groups in total. The third-order valence-corrected chi connectivity index (χ3v) is 3.82. The fraction of sp³-hybridized carbons (Fsp3) is 0.294. The van der Waals surface area contributed by atoms with E-state index in [0.717, 1.165) is 0 Å². The molecular weight excluding hydrogens is 378 g/mol. The van der Waals surface area contributed by atoms with Gasteiger partial charge in [-0.3, -0.25) is 0 Å². The molecule has 2 aromatic rings. The van der Waals surface area contributed by atoms with E-state index in [1.165, 1.54) is 48.5 Å². The minimum Gasteiger partial charge on any atom is -0.492 e. The van der Waals surface area contributed by atoms with Crippen LogP contribution in [-0.2, 0) is 0 Å². The topological polar surface area (TPSA) is 70.5 Å². The summed E-state index contributed by atoms with van der Waals surface area (Å²) >= 11 is 0. The molecular formula is C17H16F6N2O2. The Morgan fingerprint density at radius 2 is 0.889 bits per heavy atom. The minimum atomic E-state index is -5.67. The molecule has 0 heterocycles. The third kappa shape index (κ3) is 4.69. The van der Waals surface area contributed by atoms with E-state index >= 15 is 0 Å². The second-order valence-corrected chi connectivity index (χ2v) is 5.79. The molecule has 10 heteroatoms. The summed E-state index contributed by atoms with van der Waals surface area (Å²) in [5.41, 5.74) is 7.19. The Labute approximate surface area is 150 Å². The Morgan fingerprint density at radius 1 is 0.593 bits per heavy atom. The van der Waals surface area contributed by atoms with Gasteiger partial charge in [0.2, 0.25) is 5.41 Å². The van der Waals surface area contributed by atoms with Crippen LogP contribution in [0.15, 0.2) is 48.5 Å². The zero-order valence-corrected chi connectivity index (χ0v) is 13.8. The van der Waals surface area contributed by atoms with E-state index < -0.39 is 31.0 Å². The molecule has 0 spiro atoms. The molecule has 0 unspecified atom stereocenters. The van der Waals surface area contributed by atoms with E-state index in [9.17, 15) is 26.3 Å². The van der Waals surface area contributed by atoms with E-state index in [2.05, 4.69) is 0 Å². The third-order valence-electron chi connectivity index (χ3n) is 3.82. The summed E-state index contributed by atoms with van der Waals surface area (Å²) in [6.07, 6.45) is -11.3. The predicted molar refractivity (Wildman–Crippen MR) is 87.2 cm³/mol. The Bertz CT molecular complexity index is 677. The molecule has 0 aromatic heterocycles. The Morgan fingerprint density at radius 3 is 1.15 bits per heavy atom. The number of nitrogens with two attached hydrogens (primary N) is 2. The summed E-state index contributed by atoms with van der Waals surface area (Å²) in [5, 5.41) is 0. The van der Waals surface area contributed by atoms with Crippen molar-refractivity contribution in [1.29, 1.82) is 0 Å². The lowest BCUT2D eigenvalue weighted by Gasteiger charge is -2.36. The maximum absolute atomic E-state index is 13.5. The molecule has 4 nitrogen and oxygen atoms in total. The molecule has 0 saturated carbocycles. The van der Waals surface area contributed by atoms with Gasteiger partial charge in [0.1, 0.15) is 24.7 Å². The molecule has 0 saturated heterocycles. The van der Waals surface area contributed by atoms with Crippen molar-refractivity contribution < 1.29 is 35.8 Å². The van der Waals surface area contributed by atoms with Crippen LogP contribution >= 0.6 is 0 Å². The minimum absolute atomic E-state index is 0.186. The fourth-order valence-corrected chi connectivity index (χ4v) is 2.07. The quantitative estimate of drug-likeness (QED) is 0.562. The first kappa shape index (κ1) is 20.5. The van der Waals surface area contributed by atoms with Crippen LogP contribution in [0.1, 0.15) is 0 Å². The van der Waals surface area contributed by atoms with Crippen LogP contribution in [0.25, 0.3) is 0 Å². The number of hydrogen-bond donors (Lipinski definition) is 2. The normalized spacial score (nSPS) is 12.7. The van der Waals surface area contributed by atoms with Crippen molar-refractivity contribution in [2.24, 2.45) is 5.41 Å². The van der Waals surface area contributed by atoms with E-state index in [0.29, 0.717) is 0 Å². The number of alkyl halides is 6. The lowest BCUT2D eigenvalue weighted by molar-refractivity contribution is -0.353. The summed E-state index contributed by atoms with van der Waals surface area (Å²) in [4.78, 5) is 0. The second kappa shape index (κ2) is 7.45. The van der Waals surface area contributed by atoms with Crippen molar-refractivity contribution in [3.63, 3.8) is 0 Å². The van der Waals surface area contributed by atoms with Crippen LogP contribution in [0.4, 0.5) is 37.7 Å². The number of anilines is 2. The lowest BCUT2D eigenvalue weighted by Crippen LogP contribution is -2.57. The molecule has 27 heavy (non-hydrogen) atoms. The number of nitrogen functional groups attached to an aromatic ring is 2. The highest BCUT2D eigenvalue weighted by Gasteiger charge is 2.72. The highest BCUT2D eigenvalue weighted by molar-refractivity contribution is 5.42. The van der Waals surface area contributed by atoms with Crippen molar-refractivity contribution in [2.45, 2.75) is 12.4 Å². The van der Waals surface area contributed by atoms with Gasteiger partial charge in [-0.1, -0.05) is 0 Å². The molecule has 0 radical (unpaired) electrons. The lowest BCUT2D eigenvalue weighted by atomic mass is 9.88. The summed E-state index contributed by atoms with van der Waals surface area (Å²) in [7, 11) is 0. The van der Waals surface area contributed by atoms with Crippen LogP contribution in [0.2, 0.25) is 0 Å². The van der Waals surface area contributed by atoms with Crippen molar-refractivity contribution >= 4 is 11.4 Å². The van der Waals surface area contributed by atoms with E-state index in [4.69, 9.17) is 20.9 Å². The first-order valence-corrected chi connectivity index (χ1v) is 7.55. The molecule has 0 amide bonds. The van der Waals surface area contributed by atoms with Crippen LogP contribution in [0, 0.1) is 5.41 Å². The zero-order valence-electron chi connectivity index (χ0n) is 13.8. The predicted octanol–water partition coefficient (Wildman–Crippen LogP) is 4.42. The van der Waals surface area contributed by atoms with Crippen molar-refractivity contribution in [1.82, 2.24) is 0 Å². The van der Waals surface area contributed by atoms with Crippen LogP contribution in [-0.4, -0.2) is 25.6 Å². The number of hydrogen-bond acceptors (Lipinski definition) is 4. The van der Waals surface area contributed by atoms with Crippen molar-refractivity contribution in [2.75, 3.05) is 24.7 Å². The highest BCUT2D eigenvalue weighted by atomic mass is 19.4. The van der Waals surface area contributed by atoms with E-state index in [-0.39, 0.29) is 22.9 Å². The monoisotopic (exact) mass is 394 g/mol. The molecule has 0 aliphatic rings. The fourth-order valence-electron chi connectivity index (χ4n) is 2.07. The standard InChI is InChI=1S/C17H16F6N2O2/c18-16(19,20)15(17(21,22)23,9-26-13-5-1-11(24)2-6-13)10-27-14-7-3-12(25)4-8-14/h1-8H,9-10,24-25H2. The number of halogens is 6. The van der Waals surface area contributed by atoms with E-state index in [1.807, 2.05) is 0 Å². The van der Waals surface area contributed by atoms with Crippen molar-refractivity contribution in [3.8, 4) is 11.5 Å². The van der Waals surface area contributed by atoms with Gasteiger partial charge in [0.15, 0.2) is 0 Å². The summed E-state index contributed by atoms with van der Waals surface area (Å²) in [6.45, 7) is -3.42. The first-order chi connectivity index (χ1) is 12.4. The molecule has 2 aromatic carbocycles. The highest BCUT2D eigenvalue weighted by Crippen LogP contribution is 2.50. The number of benzene rings is 2. The molecule has 0 fully saturated rings. The second-order valence-electron chi connectivity index (χ2n) is 5.79. The van der Waals surface area contributed by atoms with Gasteiger partial charge in [-0.15, -0.1) is 0 Å². The summed E-state index contributed by atoms with van der Waals surface area (Å²) in [6, 6.07) is 9.88. The number of ether oxygens (including phenoxy) is 2. The van der Waals surface area contributed by atoms with Gasteiger partial charge >= 0.3 is 12.4 Å². The van der Waals surface area contributed by atoms with E-state index in [1.54, 1.807) is 0 Å². The van der Waals surface area contributed by atoms with Crippen molar-refractivity contribution in [3.05, 3.63) is 48.5 Å². The van der Waals surface area contributed by atoms with Gasteiger partial charge in [-0.05, 0) is 48.5 Å². The molecule has 0 aliphatic carbocycles. The van der Waals surface area contributed by atoms with Gasteiger partial charge in [-0.25, -0.2) is 0 Å². The summed E-state index contributed by atoms with van der Waals surface area (Å²) < 4.78 is 90.5. The molecule has 0 bridgehead atoms. The van der Waals surface area contributed by atoms with Crippen LogP contribution < -0.4 is 20.9 Å². The Balaban J connectivity index is 2.28. The maximum atomic E-state index is 13.5. The first-order valence-electron chi connectivity index (χ1n) is 7.55. The maximum Gasteiger partial charge on any atom is 0.409 e. The Hall–Kier alpha value is -2.78. The van der Waals surface area contributed by atoms with Crippen LogP contribution in [0.3, 0.4) is 0 Å². The molecule has 148 valence electrons. The van der Waals surface area contributed by atoms with Gasteiger partial charge < -0.3 is 20.9 Å². The Kier molecular flexibility index (Phi) is 5.67. The summed E-state index contributed by atoms with van der Waals surface area (Å²) in [5.74, 6) is -0.371. The number of rotatable bonds is 6. The van der Waals surface area contributed by atoms with Gasteiger partial charge in [0.05, 0.1) is 0 Å². The smallest absolute Gasteiger partial charge is 0.409 e.